The highest BCUT2D eigenvalue weighted by molar-refractivity contribution is 5.60. The number of nitrogens with zero attached hydrogens (tertiary/aromatic N) is 1. The second-order valence-corrected chi connectivity index (χ2v) is 0.904. The molecule has 0 saturated carbocycles. The lowest BCUT2D eigenvalue weighted by molar-refractivity contribution is -0.459. The van der Waals surface area contributed by atoms with Crippen molar-refractivity contribution in [2.24, 2.45) is 4.99 Å². The molecule has 0 bridgehead atoms. The van der Waals surface area contributed by atoms with E-state index in [1.54, 1.807) is 0 Å². The van der Waals surface area contributed by atoms with Gasteiger partial charge in [0.1, 0.15) is 0 Å². The van der Waals surface area contributed by atoms with E-state index in [2.05, 4.69) is 14.7 Å². The van der Waals surface area contributed by atoms with E-state index in [1.165, 1.54) is 12.8 Å². The highest BCUT2D eigenvalue weighted by Gasteiger charge is 1.83. The molecule has 0 aromatic carbocycles. The molecule has 6 heavy (non-hydrogen) atoms. The third kappa shape index (κ3) is 0.544. The van der Waals surface area contributed by atoms with E-state index in [-0.39, 0.29) is 0 Å². The first-order valence-corrected chi connectivity index (χ1v) is 1.69. The zero-order valence-electron chi connectivity index (χ0n) is 3.22. The lowest BCUT2D eigenvalue weighted by Crippen LogP contribution is -2.70. The molecule has 0 amide bonds. The molecule has 0 aromatic heterocycles. The second kappa shape index (κ2) is 1.55. The summed E-state index contributed by atoms with van der Waals surface area (Å²) in [7, 11) is 0. The van der Waals surface area contributed by atoms with E-state index in [0.29, 0.717) is 6.67 Å². The van der Waals surface area contributed by atoms with Crippen molar-refractivity contribution in [3.63, 3.8) is 0 Å². The Morgan fingerprint density at radius 2 is 2.83 bits per heavy atom. The van der Waals surface area contributed by atoms with Gasteiger partial charge in [-0.3, -0.25) is 0 Å². The van der Waals surface area contributed by atoms with Crippen molar-refractivity contribution in [2.75, 3.05) is 6.67 Å². The van der Waals surface area contributed by atoms with Gasteiger partial charge in [0.15, 0.2) is 6.40 Å². The Morgan fingerprint density at radius 3 is 3.00 bits per heavy atom. The van der Waals surface area contributed by atoms with Gasteiger partial charge in [-0.1, -0.05) is 0 Å². The van der Waals surface area contributed by atoms with E-state index >= 15 is 0 Å². The van der Waals surface area contributed by atoms with Crippen molar-refractivity contribution in [3.8, 4) is 0 Å². The Morgan fingerprint density at radius 1 is 1.83 bits per heavy atom. The van der Waals surface area contributed by atoms with E-state index in [0.717, 1.165) is 0 Å². The molecule has 0 radical (unpaired) electrons. The molecule has 0 saturated heterocycles. The summed E-state index contributed by atoms with van der Waals surface area (Å²) in [5.41, 5.74) is 0. The molecule has 1 rings (SSSR count). The van der Waals surface area contributed by atoms with Gasteiger partial charge in [-0.2, -0.15) is 9.98 Å². The van der Waals surface area contributed by atoms with Crippen LogP contribution >= 0.6 is 0 Å². The van der Waals surface area contributed by atoms with Gasteiger partial charge in [-0.25, -0.2) is 0 Å². The highest BCUT2D eigenvalue weighted by Crippen LogP contribution is 1.57. The first kappa shape index (κ1) is 3.33. The van der Waals surface area contributed by atoms with Crippen molar-refractivity contribution in [1.82, 2.24) is 0 Å². The third-order valence-electron chi connectivity index (χ3n) is 0.469. The Bertz CT molecular complexity index is 66.8. The molecule has 3 heteroatoms. The average molecular weight is 85.1 g/mol. The minimum absolute atomic E-state index is 0.639. The largest absolute Gasteiger partial charge is 0.399 e. The van der Waals surface area contributed by atoms with Crippen molar-refractivity contribution in [3.05, 3.63) is 0 Å². The summed E-state index contributed by atoms with van der Waals surface area (Å²) in [4.78, 5) is 6.43. The number of hydrogen-bond acceptors (Lipinski definition) is 2. The molecule has 0 aromatic rings. The standard InChI is InChI=1S/C3H4N2O/c1-4-2-6-3-5-1/h2-3H,1H2/p+1. The molecule has 1 N–H and O–H groups in total. The summed E-state index contributed by atoms with van der Waals surface area (Å²) in [6.45, 7) is 0.639. The zero-order chi connectivity index (χ0) is 4.24. The van der Waals surface area contributed by atoms with Gasteiger partial charge in [-0.05, 0) is 0 Å². The van der Waals surface area contributed by atoms with Gasteiger partial charge in [0.25, 0.3) is 0 Å². The summed E-state index contributed by atoms with van der Waals surface area (Å²) >= 11 is 0. The topological polar surface area (TPSA) is 35.6 Å². The van der Waals surface area contributed by atoms with Crippen LogP contribution in [0.2, 0.25) is 0 Å². The van der Waals surface area contributed by atoms with Crippen LogP contribution in [0.4, 0.5) is 0 Å². The fraction of sp³-hybridized carbons (Fsp3) is 0.333. The SMILES string of the molecule is C1=NC[NH+]=CO1. The minimum atomic E-state index is 0.639. The first-order chi connectivity index (χ1) is 3.00. The molecular weight excluding hydrogens is 80.0 g/mol. The Labute approximate surface area is 35.4 Å². The first-order valence-electron chi connectivity index (χ1n) is 1.69. The van der Waals surface area contributed by atoms with Crippen molar-refractivity contribution < 1.29 is 9.73 Å². The van der Waals surface area contributed by atoms with Crippen LogP contribution in [-0.4, -0.2) is 19.5 Å². The Balaban J connectivity index is 2.40. The smallest absolute Gasteiger partial charge is 0.330 e. The highest BCUT2D eigenvalue weighted by atomic mass is 16.5. The molecule has 0 spiro atoms. The van der Waals surface area contributed by atoms with Crippen molar-refractivity contribution in [2.45, 2.75) is 0 Å². The maximum absolute atomic E-state index is 4.54. The van der Waals surface area contributed by atoms with Crippen LogP contribution in [0, 0.1) is 0 Å². The van der Waals surface area contributed by atoms with Crippen LogP contribution in [-0.2, 0) is 4.74 Å². The Kier molecular flexibility index (Phi) is 0.859. The normalized spacial score (nSPS) is 17.3. The van der Waals surface area contributed by atoms with E-state index in [4.69, 9.17) is 0 Å². The average Bonchev–Trinajstić information content (AvgIpc) is 1.72. The van der Waals surface area contributed by atoms with Gasteiger partial charge in [-0.15, -0.1) is 0 Å². The summed E-state index contributed by atoms with van der Waals surface area (Å²) in [6.07, 6.45) is 2.89. The quantitative estimate of drug-likeness (QED) is 0.367. The molecule has 3 nitrogen and oxygen atoms in total. The van der Waals surface area contributed by atoms with Gasteiger partial charge >= 0.3 is 6.40 Å². The van der Waals surface area contributed by atoms with Crippen molar-refractivity contribution in [1.29, 1.82) is 0 Å². The molecule has 0 aliphatic carbocycles. The maximum Gasteiger partial charge on any atom is 0.330 e. The predicted molar refractivity (Wildman–Crippen MR) is 21.5 cm³/mol. The monoisotopic (exact) mass is 85.0 g/mol. The number of ether oxygens (including phenoxy) is 1. The van der Waals surface area contributed by atoms with Crippen LogP contribution in [0.25, 0.3) is 0 Å². The molecule has 1 aliphatic rings. The second-order valence-electron chi connectivity index (χ2n) is 0.904. The van der Waals surface area contributed by atoms with Gasteiger partial charge < -0.3 is 4.74 Å². The Hall–Kier alpha value is -0.860. The molecule has 0 fully saturated rings. The van der Waals surface area contributed by atoms with E-state index in [9.17, 15) is 0 Å². The van der Waals surface area contributed by atoms with Crippen LogP contribution in [0.15, 0.2) is 4.99 Å². The minimum Gasteiger partial charge on any atom is -0.399 e. The van der Waals surface area contributed by atoms with E-state index < -0.39 is 0 Å². The van der Waals surface area contributed by atoms with Crippen LogP contribution < -0.4 is 4.99 Å². The van der Waals surface area contributed by atoms with E-state index in [1.807, 2.05) is 0 Å². The molecule has 0 atom stereocenters. The van der Waals surface area contributed by atoms with Crippen LogP contribution in [0.1, 0.15) is 0 Å². The molecular formula is C3H5N2O+. The fourth-order valence-corrected chi connectivity index (χ4v) is 0.249. The molecule has 0 unspecified atom stereocenters. The van der Waals surface area contributed by atoms with Gasteiger partial charge in [0.05, 0.1) is 0 Å². The third-order valence-corrected chi connectivity index (χ3v) is 0.469. The van der Waals surface area contributed by atoms with Crippen LogP contribution in [0.3, 0.4) is 0 Å². The summed E-state index contributed by atoms with van der Waals surface area (Å²) in [6, 6.07) is 0. The summed E-state index contributed by atoms with van der Waals surface area (Å²) < 4.78 is 4.54. The molecule has 1 aliphatic heterocycles. The van der Waals surface area contributed by atoms with Gasteiger partial charge in [0.2, 0.25) is 6.67 Å². The lowest BCUT2D eigenvalue weighted by Gasteiger charge is -1.85. The molecule has 1 heterocycles. The fourth-order valence-electron chi connectivity index (χ4n) is 0.249. The summed E-state index contributed by atoms with van der Waals surface area (Å²) in [5, 5.41) is 0. The number of nitrogens with one attached hydrogen (secondary N) is 1. The number of hydrogen-bond donors (Lipinski definition) is 1. The zero-order valence-corrected chi connectivity index (χ0v) is 3.22. The number of aliphatic imine (C=N–C) groups is 1. The van der Waals surface area contributed by atoms with Crippen LogP contribution in [0.5, 0.6) is 0 Å². The predicted octanol–water partition coefficient (Wildman–Crippen LogP) is -1.89. The molecule has 32 valence electrons. The lowest BCUT2D eigenvalue weighted by atomic mass is 11.0. The van der Waals surface area contributed by atoms with Crippen molar-refractivity contribution >= 4 is 12.8 Å². The summed E-state index contributed by atoms with van der Waals surface area (Å²) in [5.74, 6) is 0. The van der Waals surface area contributed by atoms with Gasteiger partial charge in [0, 0.05) is 0 Å². The number of rotatable bonds is 0. The maximum atomic E-state index is 4.54.